The average Bonchev–Trinajstić information content (AvgIpc) is 3.01. The number of hydrogen-bond acceptors (Lipinski definition) is 4. The van der Waals surface area contributed by atoms with Crippen LogP contribution < -0.4 is 9.64 Å². The molecule has 0 aromatic heterocycles. The third-order valence-corrected chi connectivity index (χ3v) is 4.42. The molecule has 5 heteroatoms. The Bertz CT molecular complexity index is 842. The molecule has 0 saturated carbocycles. The van der Waals surface area contributed by atoms with Gasteiger partial charge in [0.15, 0.2) is 6.61 Å². The molecule has 1 amide bonds. The molecule has 0 spiro atoms. The van der Waals surface area contributed by atoms with Gasteiger partial charge in [-0.1, -0.05) is 30.3 Å². The highest BCUT2D eigenvalue weighted by Gasteiger charge is 2.30. The molecule has 0 bridgehead atoms. The maximum atomic E-state index is 12.5. The summed E-state index contributed by atoms with van der Waals surface area (Å²) in [6.45, 7) is 4.25. The van der Waals surface area contributed by atoms with Gasteiger partial charge in [0, 0.05) is 17.8 Å². The second-order valence-electron chi connectivity index (χ2n) is 6.39. The quantitative estimate of drug-likeness (QED) is 0.580. The van der Waals surface area contributed by atoms with E-state index in [0.717, 1.165) is 29.0 Å². The molecule has 0 aliphatic carbocycles. The molecule has 3 rings (SSSR count). The van der Waals surface area contributed by atoms with Crippen molar-refractivity contribution in [1.82, 2.24) is 0 Å². The van der Waals surface area contributed by atoms with Crippen molar-refractivity contribution in [3.63, 3.8) is 0 Å². The van der Waals surface area contributed by atoms with Gasteiger partial charge in [-0.3, -0.25) is 4.79 Å². The number of carbonyl (C=O) groups is 2. The van der Waals surface area contributed by atoms with Gasteiger partial charge in [-0.2, -0.15) is 0 Å². The second kappa shape index (κ2) is 8.54. The Morgan fingerprint density at radius 2 is 1.89 bits per heavy atom. The Balaban J connectivity index is 1.54. The van der Waals surface area contributed by atoms with Gasteiger partial charge in [-0.15, -0.1) is 0 Å². The smallest absolute Gasteiger partial charge is 0.331 e. The van der Waals surface area contributed by atoms with Gasteiger partial charge in [-0.25, -0.2) is 4.79 Å². The minimum Gasteiger partial charge on any atom is -0.494 e. The second-order valence-corrected chi connectivity index (χ2v) is 6.39. The van der Waals surface area contributed by atoms with Gasteiger partial charge in [-0.05, 0) is 55.7 Å². The van der Waals surface area contributed by atoms with E-state index >= 15 is 0 Å². The van der Waals surface area contributed by atoms with E-state index in [0.29, 0.717) is 6.61 Å². The third kappa shape index (κ3) is 4.56. The Hall–Kier alpha value is -3.08. The highest BCUT2D eigenvalue weighted by Crippen LogP contribution is 2.31. The van der Waals surface area contributed by atoms with Gasteiger partial charge in [0.05, 0.1) is 6.61 Å². The lowest BCUT2D eigenvalue weighted by Crippen LogP contribution is -2.38. The summed E-state index contributed by atoms with van der Waals surface area (Å²) in [7, 11) is 0. The van der Waals surface area contributed by atoms with Gasteiger partial charge in [0.1, 0.15) is 5.75 Å². The molecule has 0 fully saturated rings. The fourth-order valence-electron chi connectivity index (χ4n) is 3.20. The zero-order valence-electron chi connectivity index (χ0n) is 15.6. The first-order chi connectivity index (χ1) is 13.1. The van der Waals surface area contributed by atoms with E-state index in [9.17, 15) is 9.59 Å². The molecule has 0 unspecified atom stereocenters. The first-order valence-corrected chi connectivity index (χ1v) is 9.06. The summed E-state index contributed by atoms with van der Waals surface area (Å²) in [5.41, 5.74) is 2.89. The van der Waals surface area contributed by atoms with Crippen LogP contribution in [0.4, 0.5) is 5.69 Å². The summed E-state index contributed by atoms with van der Waals surface area (Å²) in [4.78, 5) is 26.1. The Morgan fingerprint density at radius 1 is 1.15 bits per heavy atom. The Kier molecular flexibility index (Phi) is 5.91. The molecule has 1 aliphatic heterocycles. The summed E-state index contributed by atoms with van der Waals surface area (Å²) < 4.78 is 10.5. The maximum Gasteiger partial charge on any atom is 0.331 e. The number of carbonyl (C=O) groups excluding carboxylic acids is 2. The van der Waals surface area contributed by atoms with Crippen LogP contribution in [0.3, 0.4) is 0 Å². The topological polar surface area (TPSA) is 55.8 Å². The predicted octanol–water partition coefficient (Wildman–Crippen LogP) is 3.62. The summed E-state index contributed by atoms with van der Waals surface area (Å²) >= 11 is 0. The van der Waals surface area contributed by atoms with E-state index < -0.39 is 5.97 Å². The first-order valence-electron chi connectivity index (χ1n) is 9.06. The fraction of sp³-hybridized carbons (Fsp3) is 0.273. The molecule has 2 aromatic carbocycles. The van der Waals surface area contributed by atoms with E-state index in [1.807, 2.05) is 62.4 Å². The molecule has 0 N–H and O–H groups in total. The normalized spacial score (nSPS) is 15.6. The molecule has 5 nitrogen and oxygen atoms in total. The summed E-state index contributed by atoms with van der Waals surface area (Å²) in [6, 6.07) is 15.2. The van der Waals surface area contributed by atoms with Gasteiger partial charge in [0.25, 0.3) is 5.91 Å². The van der Waals surface area contributed by atoms with Crippen LogP contribution in [-0.4, -0.2) is 31.1 Å². The Morgan fingerprint density at radius 3 is 2.63 bits per heavy atom. The monoisotopic (exact) mass is 365 g/mol. The van der Waals surface area contributed by atoms with E-state index in [4.69, 9.17) is 9.47 Å². The van der Waals surface area contributed by atoms with Crippen LogP contribution in [0.25, 0.3) is 6.08 Å². The molecular weight excluding hydrogens is 342 g/mol. The first kappa shape index (κ1) is 18.7. The van der Waals surface area contributed by atoms with Crippen molar-refractivity contribution < 1.29 is 19.1 Å². The average molecular weight is 365 g/mol. The molecule has 27 heavy (non-hydrogen) atoms. The van der Waals surface area contributed by atoms with Gasteiger partial charge >= 0.3 is 5.97 Å². The number of rotatable bonds is 6. The molecule has 140 valence electrons. The molecule has 0 radical (unpaired) electrons. The lowest BCUT2D eigenvalue weighted by Gasteiger charge is -2.22. The van der Waals surface area contributed by atoms with Crippen molar-refractivity contribution in [3.8, 4) is 5.75 Å². The number of nitrogens with zero attached hydrogens (tertiary/aromatic N) is 1. The lowest BCUT2D eigenvalue weighted by molar-refractivity contribution is -0.143. The number of anilines is 1. The number of amides is 1. The number of esters is 1. The lowest BCUT2D eigenvalue weighted by atomic mass is 10.1. The Labute approximate surface area is 159 Å². The molecule has 1 heterocycles. The van der Waals surface area contributed by atoms with Crippen LogP contribution in [0.15, 0.2) is 54.6 Å². The number of hydrogen-bond donors (Lipinski definition) is 0. The van der Waals surface area contributed by atoms with Crippen LogP contribution in [0.2, 0.25) is 0 Å². The van der Waals surface area contributed by atoms with Crippen molar-refractivity contribution in [2.45, 2.75) is 26.3 Å². The standard InChI is InChI=1S/C22H23NO4/c1-3-26-19-11-8-17(9-12-19)10-13-22(25)27-15-21(24)23-16(2)14-18-6-4-5-7-20(18)23/h4-13,16H,3,14-15H2,1-2H3/b13-10+/t16-/m0/s1. The molecular formula is C22H23NO4. The van der Waals surface area contributed by atoms with Crippen molar-refractivity contribution in [1.29, 1.82) is 0 Å². The SMILES string of the molecule is CCOc1ccc(/C=C/C(=O)OCC(=O)N2c3ccccc3C[C@@H]2C)cc1. The molecule has 0 saturated heterocycles. The predicted molar refractivity (Wildman–Crippen MR) is 105 cm³/mol. The van der Waals surface area contributed by atoms with Crippen molar-refractivity contribution in [2.75, 3.05) is 18.1 Å². The van der Waals surface area contributed by atoms with Gasteiger partial charge < -0.3 is 14.4 Å². The van der Waals surface area contributed by atoms with E-state index in [1.165, 1.54) is 6.08 Å². The molecule has 2 aromatic rings. The van der Waals surface area contributed by atoms with Crippen LogP contribution in [0, 0.1) is 0 Å². The fourth-order valence-corrected chi connectivity index (χ4v) is 3.20. The highest BCUT2D eigenvalue weighted by atomic mass is 16.5. The summed E-state index contributed by atoms with van der Waals surface area (Å²) in [5.74, 6) is 0.0236. The van der Waals surface area contributed by atoms with Crippen LogP contribution in [-0.2, 0) is 20.7 Å². The van der Waals surface area contributed by atoms with E-state index in [2.05, 4.69) is 0 Å². The number of benzene rings is 2. The molecule has 1 atom stereocenters. The number of ether oxygens (including phenoxy) is 2. The van der Waals surface area contributed by atoms with Crippen molar-refractivity contribution >= 4 is 23.6 Å². The summed E-state index contributed by atoms with van der Waals surface area (Å²) in [6.07, 6.45) is 3.79. The minimum absolute atomic E-state index is 0.0630. The summed E-state index contributed by atoms with van der Waals surface area (Å²) in [5, 5.41) is 0. The van der Waals surface area contributed by atoms with Crippen LogP contribution >= 0.6 is 0 Å². The number of para-hydroxylation sites is 1. The van der Waals surface area contributed by atoms with E-state index in [1.54, 1.807) is 11.0 Å². The zero-order valence-corrected chi connectivity index (χ0v) is 15.6. The minimum atomic E-state index is -0.544. The third-order valence-electron chi connectivity index (χ3n) is 4.42. The van der Waals surface area contributed by atoms with Gasteiger partial charge in [0.2, 0.25) is 0 Å². The molecule has 1 aliphatic rings. The van der Waals surface area contributed by atoms with Crippen LogP contribution in [0.1, 0.15) is 25.0 Å². The maximum absolute atomic E-state index is 12.5. The number of fused-ring (bicyclic) bond motifs is 1. The van der Waals surface area contributed by atoms with Crippen molar-refractivity contribution in [3.05, 3.63) is 65.7 Å². The zero-order chi connectivity index (χ0) is 19.2. The largest absolute Gasteiger partial charge is 0.494 e. The van der Waals surface area contributed by atoms with Crippen LogP contribution in [0.5, 0.6) is 5.75 Å². The highest BCUT2D eigenvalue weighted by molar-refractivity contribution is 5.98. The van der Waals surface area contributed by atoms with Crippen molar-refractivity contribution in [2.24, 2.45) is 0 Å². The van der Waals surface area contributed by atoms with E-state index in [-0.39, 0.29) is 18.6 Å².